The molecule has 1 fully saturated rings. The lowest BCUT2D eigenvalue weighted by Crippen LogP contribution is -2.20. The topological polar surface area (TPSA) is 3.24 Å². The molecule has 0 bridgehead atoms. The zero-order valence-electron chi connectivity index (χ0n) is 10.4. The monoisotopic (exact) mass is 341 g/mol. The van der Waals surface area contributed by atoms with Crippen LogP contribution in [0, 0.1) is 11.8 Å². The van der Waals surface area contributed by atoms with Gasteiger partial charge in [-0.2, -0.15) is 0 Å². The molecule has 0 unspecified atom stereocenters. The Hall–Kier alpha value is -0.350. The van der Waals surface area contributed by atoms with Crippen LogP contribution in [-0.2, 0) is 6.54 Å². The molecule has 0 amide bonds. The van der Waals surface area contributed by atoms with Crippen LogP contribution in [-0.4, -0.2) is 22.4 Å². The number of alkyl halides is 1. The van der Waals surface area contributed by atoms with Crippen molar-refractivity contribution in [3.05, 3.63) is 48.0 Å². The van der Waals surface area contributed by atoms with Gasteiger partial charge in [-0.1, -0.05) is 65.1 Å². The minimum absolute atomic E-state index is 0.690. The molecule has 0 spiro atoms. The second-order valence-corrected chi connectivity index (χ2v) is 5.93. The maximum absolute atomic E-state index is 4.15. The quantitative estimate of drug-likeness (QED) is 0.458. The second kappa shape index (κ2) is 6.01. The molecular formula is C15H20IN. The molecule has 0 N–H and O–H groups in total. The van der Waals surface area contributed by atoms with Crippen molar-refractivity contribution in [2.24, 2.45) is 11.8 Å². The third-order valence-corrected chi connectivity index (χ3v) is 4.73. The van der Waals surface area contributed by atoms with Gasteiger partial charge in [0.1, 0.15) is 0 Å². The Morgan fingerprint density at radius 1 is 1.35 bits per heavy atom. The van der Waals surface area contributed by atoms with Gasteiger partial charge in [0.25, 0.3) is 0 Å². The smallest absolute Gasteiger partial charge is 0.0234 e. The normalized spacial score (nSPS) is 25.1. The summed E-state index contributed by atoms with van der Waals surface area (Å²) in [5.74, 6) is 1.48. The van der Waals surface area contributed by atoms with E-state index >= 15 is 0 Å². The molecule has 1 aliphatic rings. The van der Waals surface area contributed by atoms with E-state index in [1.54, 1.807) is 0 Å². The molecule has 1 heterocycles. The van der Waals surface area contributed by atoms with Crippen LogP contribution in [0.15, 0.2) is 42.5 Å². The highest BCUT2D eigenvalue weighted by Crippen LogP contribution is 2.30. The average molecular weight is 341 g/mol. The fraction of sp³-hybridized carbons (Fsp3) is 0.467. The Bertz CT molecular complexity index is 374. The van der Waals surface area contributed by atoms with Gasteiger partial charge < -0.3 is 0 Å². The lowest BCUT2D eigenvalue weighted by Gasteiger charge is -2.16. The fourth-order valence-corrected chi connectivity index (χ4v) is 3.54. The van der Waals surface area contributed by atoms with Gasteiger partial charge in [0.05, 0.1) is 0 Å². The third-order valence-electron chi connectivity index (χ3n) is 3.60. The van der Waals surface area contributed by atoms with Crippen molar-refractivity contribution in [2.45, 2.75) is 13.5 Å². The molecule has 2 rings (SSSR count). The van der Waals surface area contributed by atoms with E-state index in [-0.39, 0.29) is 0 Å². The van der Waals surface area contributed by atoms with Crippen molar-refractivity contribution >= 4 is 22.6 Å². The molecule has 17 heavy (non-hydrogen) atoms. The molecule has 0 saturated carbocycles. The predicted molar refractivity (Wildman–Crippen MR) is 82.4 cm³/mol. The molecule has 2 atom stereocenters. The average Bonchev–Trinajstić information content (AvgIpc) is 2.73. The van der Waals surface area contributed by atoms with E-state index in [9.17, 15) is 0 Å². The minimum Gasteiger partial charge on any atom is -0.298 e. The van der Waals surface area contributed by atoms with Crippen molar-refractivity contribution in [1.82, 2.24) is 4.90 Å². The van der Waals surface area contributed by atoms with Crippen LogP contribution in [0.5, 0.6) is 0 Å². The van der Waals surface area contributed by atoms with E-state index in [1.165, 1.54) is 28.7 Å². The van der Waals surface area contributed by atoms with Gasteiger partial charge >= 0.3 is 0 Å². The first-order valence-corrected chi connectivity index (χ1v) is 7.71. The number of hydrogen-bond donors (Lipinski definition) is 0. The number of halogens is 1. The van der Waals surface area contributed by atoms with Crippen LogP contribution in [0.2, 0.25) is 0 Å². The third kappa shape index (κ3) is 3.32. The van der Waals surface area contributed by atoms with Gasteiger partial charge in [-0.3, -0.25) is 4.90 Å². The first kappa shape index (κ1) is 13.1. The Labute approximate surface area is 118 Å². The highest BCUT2D eigenvalue weighted by atomic mass is 127. The van der Waals surface area contributed by atoms with E-state index in [4.69, 9.17) is 0 Å². The van der Waals surface area contributed by atoms with E-state index in [0.717, 1.165) is 12.5 Å². The van der Waals surface area contributed by atoms with Crippen molar-refractivity contribution in [2.75, 3.05) is 17.5 Å². The summed E-state index contributed by atoms with van der Waals surface area (Å²) in [5.41, 5.74) is 2.77. The van der Waals surface area contributed by atoms with E-state index < -0.39 is 0 Å². The van der Waals surface area contributed by atoms with Gasteiger partial charge in [-0.15, -0.1) is 0 Å². The van der Waals surface area contributed by atoms with Crippen LogP contribution in [0.4, 0.5) is 0 Å². The molecular weight excluding hydrogens is 321 g/mol. The molecule has 1 aromatic carbocycles. The largest absolute Gasteiger partial charge is 0.298 e. The number of likely N-dealkylation sites (tertiary alicyclic amines) is 1. The molecule has 1 nitrogen and oxygen atoms in total. The fourth-order valence-electron chi connectivity index (χ4n) is 2.65. The summed E-state index contributed by atoms with van der Waals surface area (Å²) in [7, 11) is 0. The zero-order chi connectivity index (χ0) is 12.3. The Balaban J connectivity index is 1.99. The number of benzene rings is 1. The van der Waals surface area contributed by atoms with Crippen molar-refractivity contribution < 1.29 is 0 Å². The summed E-state index contributed by atoms with van der Waals surface area (Å²) in [5, 5.41) is 0. The number of rotatable bonds is 4. The van der Waals surface area contributed by atoms with Crippen molar-refractivity contribution in [3.63, 3.8) is 0 Å². The highest BCUT2D eigenvalue weighted by molar-refractivity contribution is 14.1. The summed E-state index contributed by atoms with van der Waals surface area (Å²) in [6.07, 6.45) is 0. The van der Waals surface area contributed by atoms with Crippen LogP contribution in [0.25, 0.3) is 0 Å². The van der Waals surface area contributed by atoms with Crippen molar-refractivity contribution in [1.29, 1.82) is 0 Å². The number of hydrogen-bond acceptors (Lipinski definition) is 1. The standard InChI is InChI=1S/C15H20IN/c1-12(2)15-11-17(10-14(15)8-16)9-13-6-4-3-5-7-13/h3-7,14-15H,1,8-11H2,2H3/t14-,15-/m1/s1. The van der Waals surface area contributed by atoms with Gasteiger partial charge in [0.15, 0.2) is 0 Å². The van der Waals surface area contributed by atoms with Gasteiger partial charge in [-0.25, -0.2) is 0 Å². The molecule has 0 aliphatic carbocycles. The lowest BCUT2D eigenvalue weighted by atomic mass is 9.92. The summed E-state index contributed by atoms with van der Waals surface area (Å²) in [6, 6.07) is 10.8. The SMILES string of the molecule is C=C(C)[C@H]1CN(Cc2ccccc2)C[C@H]1CI. The lowest BCUT2D eigenvalue weighted by molar-refractivity contribution is 0.318. The maximum atomic E-state index is 4.15. The number of nitrogens with zero attached hydrogens (tertiary/aromatic N) is 1. The summed E-state index contributed by atoms with van der Waals surface area (Å²) in [6.45, 7) is 9.80. The first-order valence-electron chi connectivity index (χ1n) is 6.18. The minimum atomic E-state index is 0.690. The molecule has 1 aliphatic heterocycles. The molecule has 2 heteroatoms. The summed E-state index contributed by atoms with van der Waals surface area (Å²) < 4.78 is 1.24. The Morgan fingerprint density at radius 2 is 2.06 bits per heavy atom. The molecule has 1 saturated heterocycles. The van der Waals surface area contributed by atoms with E-state index in [0.29, 0.717) is 5.92 Å². The molecule has 0 aromatic heterocycles. The predicted octanol–water partition coefficient (Wildman–Crippen LogP) is 3.75. The highest BCUT2D eigenvalue weighted by Gasteiger charge is 2.31. The van der Waals surface area contributed by atoms with Gasteiger partial charge in [0, 0.05) is 24.1 Å². The van der Waals surface area contributed by atoms with Crippen LogP contribution >= 0.6 is 22.6 Å². The van der Waals surface area contributed by atoms with Gasteiger partial charge in [-0.05, 0) is 24.3 Å². The van der Waals surface area contributed by atoms with Crippen LogP contribution in [0.3, 0.4) is 0 Å². The van der Waals surface area contributed by atoms with Crippen molar-refractivity contribution in [3.8, 4) is 0 Å². The Kier molecular flexibility index (Phi) is 4.62. The van der Waals surface area contributed by atoms with Crippen LogP contribution in [0.1, 0.15) is 12.5 Å². The molecule has 0 radical (unpaired) electrons. The van der Waals surface area contributed by atoms with Crippen LogP contribution < -0.4 is 0 Å². The van der Waals surface area contributed by atoms with E-state index in [2.05, 4.69) is 71.3 Å². The summed E-state index contributed by atoms with van der Waals surface area (Å²) in [4.78, 5) is 2.57. The molecule has 1 aromatic rings. The first-order chi connectivity index (χ1) is 8.20. The molecule has 92 valence electrons. The van der Waals surface area contributed by atoms with Gasteiger partial charge in [0.2, 0.25) is 0 Å². The maximum Gasteiger partial charge on any atom is 0.0234 e. The zero-order valence-corrected chi connectivity index (χ0v) is 12.6. The second-order valence-electron chi connectivity index (χ2n) is 5.05. The Morgan fingerprint density at radius 3 is 2.59 bits per heavy atom. The van der Waals surface area contributed by atoms with E-state index in [1.807, 2.05) is 0 Å². The summed E-state index contributed by atoms with van der Waals surface area (Å²) >= 11 is 2.51.